The lowest BCUT2D eigenvalue weighted by atomic mass is 10.1. The van der Waals surface area contributed by atoms with Crippen LogP contribution in [0.25, 0.3) is 22.2 Å². The third kappa shape index (κ3) is 5.89. The van der Waals surface area contributed by atoms with Crippen LogP contribution in [0.15, 0.2) is 57.8 Å². The van der Waals surface area contributed by atoms with Gasteiger partial charge in [-0.3, -0.25) is 9.59 Å². The molecule has 36 heavy (non-hydrogen) atoms. The molecule has 0 saturated heterocycles. The zero-order chi connectivity index (χ0) is 25.5. The van der Waals surface area contributed by atoms with E-state index < -0.39 is 6.11 Å². The number of fused-ring (bicyclic) bond motifs is 1. The molecule has 4 aromatic rings. The number of hydrogen-bond donors (Lipinski definition) is 3. The first-order valence-electron chi connectivity index (χ1n) is 11.2. The Bertz CT molecular complexity index is 1390. The van der Waals surface area contributed by atoms with Crippen molar-refractivity contribution in [1.82, 2.24) is 25.7 Å². The molecular formula is C24H24F2N6O4. The van der Waals surface area contributed by atoms with Crippen molar-refractivity contribution in [3.8, 4) is 11.4 Å². The maximum Gasteiger partial charge on any atom is 0.383 e. The molecule has 1 amide bonds. The Morgan fingerprint density at radius 2 is 1.86 bits per heavy atom. The van der Waals surface area contributed by atoms with Gasteiger partial charge in [0.05, 0.1) is 10.9 Å². The highest BCUT2D eigenvalue weighted by Crippen LogP contribution is 2.29. The molecule has 10 nitrogen and oxygen atoms in total. The number of benzene rings is 2. The number of nitrogens with one attached hydrogen (secondary N) is 3. The van der Waals surface area contributed by atoms with E-state index >= 15 is 0 Å². The Kier molecular flexibility index (Phi) is 7.64. The van der Waals surface area contributed by atoms with Gasteiger partial charge in [0.15, 0.2) is 5.82 Å². The number of H-pyrrole nitrogens is 1. The SMILES string of the molecule is COC(F)(F)c1ccc(-c2noc(CCC(=O)NCCCNc3n[nH]c(=O)c4ccccc34)n2)cc1. The third-order valence-electron chi connectivity index (χ3n) is 5.43. The van der Waals surface area contributed by atoms with Gasteiger partial charge in [-0.15, -0.1) is 0 Å². The summed E-state index contributed by atoms with van der Waals surface area (Å²) >= 11 is 0. The molecule has 4 rings (SSSR count). The minimum atomic E-state index is -3.38. The van der Waals surface area contributed by atoms with Crippen LogP contribution in [-0.4, -0.2) is 46.4 Å². The first kappa shape index (κ1) is 24.9. The summed E-state index contributed by atoms with van der Waals surface area (Å²) < 4.78 is 36.4. The molecule has 0 bridgehead atoms. The van der Waals surface area contributed by atoms with Crippen molar-refractivity contribution < 1.29 is 22.8 Å². The summed E-state index contributed by atoms with van der Waals surface area (Å²) in [6.45, 7) is 0.992. The number of ether oxygens (including phenoxy) is 1. The molecule has 2 heterocycles. The van der Waals surface area contributed by atoms with Gasteiger partial charge in [-0.2, -0.15) is 18.9 Å². The van der Waals surface area contributed by atoms with Crippen LogP contribution in [0.1, 0.15) is 24.3 Å². The number of alkyl halides is 2. The molecule has 0 atom stereocenters. The Morgan fingerprint density at radius 1 is 1.11 bits per heavy atom. The number of anilines is 1. The van der Waals surface area contributed by atoms with Crippen LogP contribution in [0.4, 0.5) is 14.6 Å². The summed E-state index contributed by atoms with van der Waals surface area (Å²) in [5.74, 6) is 0.913. The maximum atomic E-state index is 13.6. The van der Waals surface area contributed by atoms with Gasteiger partial charge in [-0.25, -0.2) is 5.10 Å². The second kappa shape index (κ2) is 11.0. The molecule has 0 unspecified atom stereocenters. The Balaban J connectivity index is 1.19. The number of amides is 1. The molecular weight excluding hydrogens is 474 g/mol. The second-order valence-electron chi connectivity index (χ2n) is 7.89. The van der Waals surface area contributed by atoms with Gasteiger partial charge in [0, 0.05) is 44.0 Å². The van der Waals surface area contributed by atoms with Crippen molar-refractivity contribution in [2.75, 3.05) is 25.5 Å². The molecule has 0 fully saturated rings. The topological polar surface area (TPSA) is 135 Å². The zero-order valence-corrected chi connectivity index (χ0v) is 19.4. The van der Waals surface area contributed by atoms with E-state index in [9.17, 15) is 18.4 Å². The Morgan fingerprint density at radius 3 is 2.61 bits per heavy atom. The number of aromatic nitrogens is 4. The lowest BCUT2D eigenvalue weighted by molar-refractivity contribution is -0.231. The van der Waals surface area contributed by atoms with Crippen LogP contribution < -0.4 is 16.2 Å². The van der Waals surface area contributed by atoms with Crippen molar-refractivity contribution in [2.24, 2.45) is 0 Å². The highest BCUT2D eigenvalue weighted by Gasteiger charge is 2.31. The molecule has 0 aliphatic carbocycles. The predicted octanol–water partition coefficient (Wildman–Crippen LogP) is 3.22. The van der Waals surface area contributed by atoms with Crippen LogP contribution in [-0.2, 0) is 22.1 Å². The molecule has 2 aromatic heterocycles. The number of nitrogens with zero attached hydrogens (tertiary/aromatic N) is 3. The van der Waals surface area contributed by atoms with E-state index in [1.165, 1.54) is 24.3 Å². The number of carbonyl (C=O) groups excluding carboxylic acids is 1. The zero-order valence-electron chi connectivity index (χ0n) is 19.4. The van der Waals surface area contributed by atoms with Crippen LogP contribution in [0.5, 0.6) is 0 Å². The van der Waals surface area contributed by atoms with Gasteiger partial charge < -0.3 is 19.9 Å². The molecule has 0 aliphatic rings. The first-order valence-corrected chi connectivity index (χ1v) is 11.2. The first-order chi connectivity index (χ1) is 17.4. The van der Waals surface area contributed by atoms with Gasteiger partial charge in [0.25, 0.3) is 5.56 Å². The average Bonchev–Trinajstić information content (AvgIpc) is 3.38. The van der Waals surface area contributed by atoms with E-state index in [1.54, 1.807) is 12.1 Å². The quantitative estimate of drug-likeness (QED) is 0.268. The van der Waals surface area contributed by atoms with E-state index in [-0.39, 0.29) is 41.6 Å². The van der Waals surface area contributed by atoms with Crippen molar-refractivity contribution in [2.45, 2.75) is 25.4 Å². The fraction of sp³-hybridized carbons (Fsp3) is 0.292. The van der Waals surface area contributed by atoms with Gasteiger partial charge in [0.1, 0.15) is 0 Å². The standard InChI is InChI=1S/C24H24F2N6O4/c1-35-24(25,26)16-9-7-15(8-10-16)21-29-20(36-32-21)12-11-19(33)27-13-4-14-28-22-17-5-2-3-6-18(17)23(34)31-30-22/h2-3,5-10H,4,11-14H2,1H3,(H,27,33)(H,28,30)(H,31,34). The second-order valence-corrected chi connectivity index (χ2v) is 7.89. The minimum absolute atomic E-state index is 0.153. The van der Waals surface area contributed by atoms with Gasteiger partial charge in [0.2, 0.25) is 17.6 Å². The normalized spacial score (nSPS) is 11.5. The lowest BCUT2D eigenvalue weighted by Gasteiger charge is -2.13. The molecule has 188 valence electrons. The van der Waals surface area contributed by atoms with Crippen molar-refractivity contribution >= 4 is 22.5 Å². The number of aromatic amines is 1. The highest BCUT2D eigenvalue weighted by molar-refractivity contribution is 5.90. The van der Waals surface area contributed by atoms with E-state index in [4.69, 9.17) is 4.52 Å². The summed E-state index contributed by atoms with van der Waals surface area (Å²) in [6, 6.07) is 12.5. The number of rotatable bonds is 11. The van der Waals surface area contributed by atoms with Gasteiger partial charge in [-0.05, 0) is 24.6 Å². The van der Waals surface area contributed by atoms with Gasteiger partial charge >= 0.3 is 6.11 Å². The van der Waals surface area contributed by atoms with E-state index in [2.05, 4.69) is 35.7 Å². The molecule has 3 N–H and O–H groups in total. The third-order valence-corrected chi connectivity index (χ3v) is 5.43. The van der Waals surface area contributed by atoms with E-state index in [0.717, 1.165) is 12.5 Å². The number of carbonyl (C=O) groups is 1. The fourth-order valence-corrected chi connectivity index (χ4v) is 3.49. The summed E-state index contributed by atoms with van der Waals surface area (Å²) in [6.07, 6.45) is -2.34. The maximum absolute atomic E-state index is 13.6. The summed E-state index contributed by atoms with van der Waals surface area (Å²) in [5, 5.41) is 17.6. The van der Waals surface area contributed by atoms with Crippen LogP contribution >= 0.6 is 0 Å². The molecule has 0 radical (unpaired) electrons. The monoisotopic (exact) mass is 498 g/mol. The number of hydrogen-bond acceptors (Lipinski definition) is 8. The fourth-order valence-electron chi connectivity index (χ4n) is 3.49. The average molecular weight is 498 g/mol. The van der Waals surface area contributed by atoms with E-state index in [0.29, 0.717) is 36.3 Å². The largest absolute Gasteiger partial charge is 0.383 e. The molecule has 0 aliphatic heterocycles. The molecule has 0 spiro atoms. The highest BCUT2D eigenvalue weighted by atomic mass is 19.3. The molecule has 0 saturated carbocycles. The summed E-state index contributed by atoms with van der Waals surface area (Å²) in [5.41, 5.74) is -0.0311. The summed E-state index contributed by atoms with van der Waals surface area (Å²) in [7, 11) is 0.931. The number of halogens is 2. The number of methoxy groups -OCH3 is 1. The van der Waals surface area contributed by atoms with Gasteiger partial charge in [-0.1, -0.05) is 35.5 Å². The predicted molar refractivity (Wildman–Crippen MR) is 127 cm³/mol. The molecule has 2 aromatic carbocycles. The van der Waals surface area contributed by atoms with Crippen molar-refractivity contribution in [1.29, 1.82) is 0 Å². The minimum Gasteiger partial charge on any atom is -0.368 e. The Labute approximate surface area is 204 Å². The molecule has 12 heteroatoms. The van der Waals surface area contributed by atoms with Crippen molar-refractivity contribution in [3.05, 3.63) is 70.3 Å². The van der Waals surface area contributed by atoms with Crippen LogP contribution in [0, 0.1) is 0 Å². The van der Waals surface area contributed by atoms with Crippen LogP contribution in [0.2, 0.25) is 0 Å². The summed E-state index contributed by atoms with van der Waals surface area (Å²) in [4.78, 5) is 28.2. The Hall–Kier alpha value is -4.19. The van der Waals surface area contributed by atoms with Crippen molar-refractivity contribution in [3.63, 3.8) is 0 Å². The number of aryl methyl sites for hydroxylation is 1. The van der Waals surface area contributed by atoms with E-state index in [1.807, 2.05) is 12.1 Å². The smallest absolute Gasteiger partial charge is 0.368 e. The van der Waals surface area contributed by atoms with Crippen LogP contribution in [0.3, 0.4) is 0 Å². The lowest BCUT2D eigenvalue weighted by Crippen LogP contribution is -2.26.